The van der Waals surface area contributed by atoms with Crippen molar-refractivity contribution in [2.75, 3.05) is 11.1 Å². The first kappa shape index (κ1) is 43.3. The van der Waals surface area contributed by atoms with E-state index in [1.165, 1.54) is 26.0 Å². The zero-order valence-electron chi connectivity index (χ0n) is 29.2. The van der Waals surface area contributed by atoms with Gasteiger partial charge in [-0.05, 0) is 72.4 Å². The maximum atomic E-state index is 13.1. The van der Waals surface area contributed by atoms with E-state index in [9.17, 15) is 53.6 Å². The molecule has 29 heteroatoms. The Morgan fingerprint density at radius 1 is 0.828 bits per heavy atom. The molecule has 0 saturated carbocycles. The maximum absolute atomic E-state index is 13.1. The average molecular weight is 902 g/mol. The smallest absolute Gasteiger partial charge is 0.296 e. The molecule has 3 heterocycles. The Labute approximate surface area is 336 Å². The number of nitrogens with one attached hydrogen (secondary N) is 1. The second kappa shape index (κ2) is 16.2. The lowest BCUT2D eigenvalue weighted by Gasteiger charge is -2.13. The van der Waals surface area contributed by atoms with Crippen molar-refractivity contribution in [2.45, 2.75) is 47.9 Å². The predicted octanol–water partition coefficient (Wildman–Crippen LogP) is 2.32. The number of azo groups is 1. The number of aromatic hydroxyl groups is 1. The van der Waals surface area contributed by atoms with Gasteiger partial charge in [0, 0.05) is 24.9 Å². The molecule has 0 radical (unpaired) electrons. The molecule has 9 N–H and O–H groups in total. The zero-order valence-corrected chi connectivity index (χ0v) is 33.2. The first-order valence-corrected chi connectivity index (χ1v) is 20.7. The number of benzene rings is 2. The highest BCUT2D eigenvalue weighted by molar-refractivity contribution is 7.87. The first-order chi connectivity index (χ1) is 26.9. The summed E-state index contributed by atoms with van der Waals surface area (Å²) in [7, 11) is -15.4. The lowest BCUT2D eigenvalue weighted by Crippen LogP contribution is -2.25. The van der Waals surface area contributed by atoms with Gasteiger partial charge in [-0.2, -0.15) is 40.2 Å². The van der Waals surface area contributed by atoms with Crippen molar-refractivity contribution in [3.8, 4) is 5.88 Å². The summed E-state index contributed by atoms with van der Waals surface area (Å²) in [6, 6.07) is 4.68. The molecular weight excluding hydrogens is 875 g/mol. The van der Waals surface area contributed by atoms with Crippen molar-refractivity contribution in [3.63, 3.8) is 0 Å². The van der Waals surface area contributed by atoms with Gasteiger partial charge >= 0.3 is 0 Å². The van der Waals surface area contributed by atoms with E-state index < -0.39 is 96.6 Å². The minimum Gasteiger partial charge on any atom is -0.494 e. The lowest BCUT2D eigenvalue weighted by molar-refractivity contribution is 0.0995. The van der Waals surface area contributed by atoms with Gasteiger partial charge in [0.05, 0.1) is 10.6 Å². The van der Waals surface area contributed by atoms with Gasteiger partial charge in [0.25, 0.3) is 41.8 Å². The minimum atomic E-state index is -5.33. The highest BCUT2D eigenvalue weighted by Crippen LogP contribution is 2.34. The van der Waals surface area contributed by atoms with Gasteiger partial charge in [0.2, 0.25) is 28.3 Å². The van der Waals surface area contributed by atoms with Gasteiger partial charge in [-0.15, -0.1) is 10.2 Å². The van der Waals surface area contributed by atoms with Crippen molar-refractivity contribution in [3.05, 3.63) is 85.2 Å². The van der Waals surface area contributed by atoms with Gasteiger partial charge in [0.15, 0.2) is 5.69 Å². The van der Waals surface area contributed by atoms with Gasteiger partial charge in [0.1, 0.15) is 32.7 Å². The van der Waals surface area contributed by atoms with Crippen LogP contribution in [0.1, 0.15) is 45.6 Å². The molecule has 0 spiro atoms. The Balaban J connectivity index is 1.60. The second-order valence-electron chi connectivity index (χ2n) is 11.7. The summed E-state index contributed by atoms with van der Waals surface area (Å²) in [5.74, 6) is -2.90. The molecule has 0 atom stereocenters. The molecule has 306 valence electrons. The number of anilines is 3. The van der Waals surface area contributed by atoms with Crippen molar-refractivity contribution < 1.29 is 48.8 Å². The third-order valence-corrected chi connectivity index (χ3v) is 10.8. The first-order valence-electron chi connectivity index (χ1n) is 15.6. The van der Waals surface area contributed by atoms with Crippen LogP contribution in [0.2, 0.25) is 10.6 Å². The fraction of sp³-hybridized carbons (Fsp3) is 0.172. The molecule has 1 amide bonds. The Hall–Kier alpha value is -5.81. The summed E-state index contributed by atoms with van der Waals surface area (Å²) < 4.78 is 105. The molecule has 0 saturated heterocycles. The Morgan fingerprint density at radius 2 is 1.43 bits per heavy atom. The predicted molar refractivity (Wildman–Crippen MR) is 201 cm³/mol. The Kier molecular flexibility index (Phi) is 12.1. The standard InChI is InChI=1S/C29H26Cl2N12O12S3/c1-3-43-24(45)21(23(32)44)11(2)22(25(43)46)42-41-15-8-13(17(57(50,51)52)10-18(15)58(53,54)55)9-20-35-19(36-26(30)37-20)7-12-4-5-16(56(47,48)49)14(6-12)34-29-39-27(31)38-28(33)40-29/h4-6,8,10,45H,3,7,9H2,1-2H3,(H2,32,44)(H,47,48,49)(H,50,51,52)(H,53,54,55)(H3,33,34,38,39,40). The Morgan fingerprint density at radius 3 is 2.00 bits per heavy atom. The van der Waals surface area contributed by atoms with Crippen LogP contribution in [-0.4, -0.2) is 84.4 Å². The van der Waals surface area contributed by atoms with Crippen molar-refractivity contribution in [2.24, 2.45) is 16.0 Å². The van der Waals surface area contributed by atoms with Crippen LogP contribution >= 0.6 is 23.2 Å². The summed E-state index contributed by atoms with van der Waals surface area (Å²) in [6.07, 6.45) is -0.877. The number of hydrogen-bond donors (Lipinski definition) is 7. The normalized spacial score (nSPS) is 12.3. The quantitative estimate of drug-likeness (QED) is 0.0658. The molecule has 0 aliphatic rings. The molecule has 3 aromatic heterocycles. The van der Waals surface area contributed by atoms with Crippen LogP contribution in [0, 0.1) is 6.92 Å². The number of amides is 1. The van der Waals surface area contributed by atoms with Gasteiger partial charge in [-0.25, -0.2) is 15.0 Å². The summed E-state index contributed by atoms with van der Waals surface area (Å²) in [6.45, 7) is 2.46. The number of pyridine rings is 1. The number of hydrogen-bond acceptors (Lipinski definition) is 19. The molecular formula is C29H26Cl2N12O12S3. The van der Waals surface area contributed by atoms with E-state index in [1.807, 2.05) is 0 Å². The number of halogens is 2. The molecule has 0 fully saturated rings. The highest BCUT2D eigenvalue weighted by atomic mass is 35.5. The fourth-order valence-corrected chi connectivity index (χ4v) is 7.80. The van der Waals surface area contributed by atoms with Crippen LogP contribution in [0.15, 0.2) is 60.0 Å². The van der Waals surface area contributed by atoms with Gasteiger partial charge in [-0.3, -0.25) is 27.8 Å². The number of rotatable bonds is 13. The van der Waals surface area contributed by atoms with E-state index >= 15 is 0 Å². The van der Waals surface area contributed by atoms with Crippen LogP contribution in [0.3, 0.4) is 0 Å². The number of nitrogens with two attached hydrogens (primary N) is 2. The molecule has 24 nitrogen and oxygen atoms in total. The summed E-state index contributed by atoms with van der Waals surface area (Å²) in [4.78, 5) is 45.8. The third kappa shape index (κ3) is 9.65. The largest absolute Gasteiger partial charge is 0.494 e. The monoisotopic (exact) mass is 900 g/mol. The summed E-state index contributed by atoms with van der Waals surface area (Å²) in [5, 5.41) is 19.7. The number of carbonyl (C=O) groups is 1. The fourth-order valence-electron chi connectivity index (χ4n) is 5.37. The Bertz CT molecular complexity index is 2950. The van der Waals surface area contributed by atoms with Crippen molar-refractivity contribution >= 4 is 88.4 Å². The number of carbonyl (C=O) groups excluding carboxylic acids is 1. The summed E-state index contributed by atoms with van der Waals surface area (Å²) >= 11 is 12.0. The molecule has 0 aliphatic heterocycles. The van der Waals surface area contributed by atoms with Gasteiger partial charge < -0.3 is 21.9 Å². The molecule has 0 aliphatic carbocycles. The molecule has 5 rings (SSSR count). The van der Waals surface area contributed by atoms with E-state index in [4.69, 9.17) is 34.7 Å². The van der Waals surface area contributed by atoms with Crippen LogP contribution in [-0.2, 0) is 49.7 Å². The molecule has 0 unspecified atom stereocenters. The van der Waals surface area contributed by atoms with Crippen LogP contribution in [0.25, 0.3) is 0 Å². The molecule has 2 aromatic carbocycles. The van der Waals surface area contributed by atoms with Crippen molar-refractivity contribution in [1.29, 1.82) is 0 Å². The maximum Gasteiger partial charge on any atom is 0.296 e. The van der Waals surface area contributed by atoms with Gasteiger partial charge in [-0.1, -0.05) is 6.07 Å². The topological polar surface area (TPSA) is 389 Å². The van der Waals surface area contributed by atoms with E-state index in [2.05, 4.69) is 45.4 Å². The van der Waals surface area contributed by atoms with E-state index in [0.29, 0.717) is 6.07 Å². The lowest BCUT2D eigenvalue weighted by atomic mass is 10.1. The second-order valence-corrected chi connectivity index (χ2v) is 16.5. The van der Waals surface area contributed by atoms with E-state index in [0.717, 1.165) is 16.7 Å². The highest BCUT2D eigenvalue weighted by Gasteiger charge is 2.27. The minimum absolute atomic E-state index is 0.101. The number of aromatic nitrogens is 7. The molecule has 58 heavy (non-hydrogen) atoms. The van der Waals surface area contributed by atoms with E-state index in [-0.39, 0.29) is 58.6 Å². The third-order valence-electron chi connectivity index (χ3n) is 7.78. The number of nitrogens with zero attached hydrogens (tertiary/aromatic N) is 9. The number of nitrogen functional groups attached to an aromatic ring is 1. The SMILES string of the molecule is CCn1c(O)c(C(N)=O)c(C)c(N=Nc2cc(Cc3nc(Cl)nc(Cc4ccc(S(=O)(=O)O)c(Nc5nc(N)nc(Cl)n5)c4)n3)c(S(=O)(=O)O)cc2S(=O)(=O)O)c1=O. The summed E-state index contributed by atoms with van der Waals surface area (Å²) in [5.41, 5.74) is 7.43. The van der Waals surface area contributed by atoms with Crippen molar-refractivity contribution in [1.82, 2.24) is 34.5 Å². The molecule has 0 bridgehead atoms. The van der Waals surface area contributed by atoms with Crippen LogP contribution < -0.4 is 22.3 Å². The number of primary amides is 1. The van der Waals surface area contributed by atoms with E-state index in [1.54, 1.807) is 0 Å². The van der Waals surface area contributed by atoms with Crippen LogP contribution in [0.5, 0.6) is 5.88 Å². The zero-order chi connectivity index (χ0) is 43.1. The average Bonchev–Trinajstić information content (AvgIpc) is 3.06. The molecule has 5 aromatic rings. The van der Waals surface area contributed by atoms with Crippen LogP contribution in [0.4, 0.5) is 29.0 Å².